The van der Waals surface area contributed by atoms with Gasteiger partial charge in [-0.25, -0.2) is 4.39 Å². The van der Waals surface area contributed by atoms with E-state index in [1.807, 2.05) is 18.2 Å². The van der Waals surface area contributed by atoms with E-state index in [9.17, 15) is 9.18 Å². The molecule has 0 saturated heterocycles. The maximum absolute atomic E-state index is 13.9. The highest BCUT2D eigenvalue weighted by atomic mass is 19.1. The van der Waals surface area contributed by atoms with Crippen LogP contribution in [0, 0.1) is 12.7 Å². The number of nitrogens with one attached hydrogen (secondary N) is 1. The van der Waals surface area contributed by atoms with Crippen LogP contribution in [-0.2, 0) is 0 Å². The van der Waals surface area contributed by atoms with Gasteiger partial charge in [0, 0.05) is 11.1 Å². The van der Waals surface area contributed by atoms with E-state index < -0.39 is 0 Å². The van der Waals surface area contributed by atoms with Gasteiger partial charge in [0.15, 0.2) is 0 Å². The van der Waals surface area contributed by atoms with Crippen molar-refractivity contribution in [2.75, 3.05) is 14.1 Å². The van der Waals surface area contributed by atoms with Crippen LogP contribution in [0.15, 0.2) is 48.5 Å². The Morgan fingerprint density at radius 3 is 2.35 bits per heavy atom. The molecule has 2 aromatic rings. The third-order valence-electron chi connectivity index (χ3n) is 5.82. The Kier molecular flexibility index (Phi) is 5.42. The molecule has 1 fully saturated rings. The fourth-order valence-corrected chi connectivity index (χ4v) is 4.22. The molecule has 1 aliphatic rings. The summed E-state index contributed by atoms with van der Waals surface area (Å²) < 4.78 is 13.9. The van der Waals surface area contributed by atoms with E-state index >= 15 is 0 Å². The van der Waals surface area contributed by atoms with Crippen molar-refractivity contribution in [2.45, 2.75) is 44.2 Å². The van der Waals surface area contributed by atoms with Gasteiger partial charge in [-0.1, -0.05) is 49.2 Å². The first kappa shape index (κ1) is 18.6. The summed E-state index contributed by atoms with van der Waals surface area (Å²) in [4.78, 5) is 15.3. The Morgan fingerprint density at radius 2 is 1.73 bits per heavy atom. The summed E-state index contributed by atoms with van der Waals surface area (Å²) in [7, 11) is 4.17. The molecule has 0 aromatic heterocycles. The molecule has 3 nitrogen and oxygen atoms in total. The molecule has 0 heterocycles. The van der Waals surface area contributed by atoms with Crippen molar-refractivity contribution in [3.05, 3.63) is 71.0 Å². The molecular weight excluding hydrogens is 327 g/mol. The van der Waals surface area contributed by atoms with Crippen LogP contribution in [-0.4, -0.2) is 30.4 Å². The molecule has 1 unspecified atom stereocenters. The molecule has 4 heteroatoms. The Bertz CT molecular complexity index is 767. The zero-order valence-corrected chi connectivity index (χ0v) is 15.8. The van der Waals surface area contributed by atoms with Gasteiger partial charge in [-0.3, -0.25) is 4.79 Å². The zero-order valence-electron chi connectivity index (χ0n) is 15.8. The summed E-state index contributed by atoms with van der Waals surface area (Å²) in [5, 5.41) is 3.23. The van der Waals surface area contributed by atoms with Gasteiger partial charge < -0.3 is 10.2 Å². The van der Waals surface area contributed by atoms with Crippen molar-refractivity contribution >= 4 is 5.91 Å². The number of nitrogens with zero attached hydrogens (tertiary/aromatic N) is 1. The van der Waals surface area contributed by atoms with Crippen LogP contribution in [0.2, 0.25) is 0 Å². The summed E-state index contributed by atoms with van der Waals surface area (Å²) in [6.45, 7) is 1.65. The first-order chi connectivity index (χ1) is 12.5. The molecule has 3 rings (SSSR count). The molecule has 0 bridgehead atoms. The SMILES string of the molecule is Cc1c(F)cccc1C(=O)NC(c1ccccc1)C1(N(C)C)CCCC1. The highest BCUT2D eigenvalue weighted by Crippen LogP contribution is 2.43. The van der Waals surface area contributed by atoms with Crippen molar-refractivity contribution < 1.29 is 9.18 Å². The molecule has 0 spiro atoms. The molecule has 138 valence electrons. The average molecular weight is 354 g/mol. The van der Waals surface area contributed by atoms with E-state index in [-0.39, 0.29) is 23.3 Å². The fraction of sp³-hybridized carbons (Fsp3) is 0.409. The molecule has 1 saturated carbocycles. The average Bonchev–Trinajstić information content (AvgIpc) is 3.13. The number of carbonyl (C=O) groups excluding carboxylic acids is 1. The van der Waals surface area contributed by atoms with Gasteiger partial charge >= 0.3 is 0 Å². The number of hydrogen-bond donors (Lipinski definition) is 1. The summed E-state index contributed by atoms with van der Waals surface area (Å²) in [5.74, 6) is -0.568. The Labute approximate surface area is 155 Å². The number of likely N-dealkylation sites (N-methyl/N-ethyl adjacent to an activating group) is 1. The molecular formula is C22H27FN2O. The Balaban J connectivity index is 1.99. The second kappa shape index (κ2) is 7.58. The molecule has 0 aliphatic heterocycles. The Morgan fingerprint density at radius 1 is 1.08 bits per heavy atom. The maximum Gasteiger partial charge on any atom is 0.252 e. The molecule has 26 heavy (non-hydrogen) atoms. The molecule has 0 radical (unpaired) electrons. The topological polar surface area (TPSA) is 32.3 Å². The summed E-state index contributed by atoms with van der Waals surface area (Å²) >= 11 is 0. The minimum atomic E-state index is -0.350. The van der Waals surface area contributed by atoms with Crippen LogP contribution in [0.5, 0.6) is 0 Å². The fourth-order valence-electron chi connectivity index (χ4n) is 4.22. The number of hydrogen-bond acceptors (Lipinski definition) is 2. The molecule has 1 atom stereocenters. The van der Waals surface area contributed by atoms with Crippen molar-refractivity contribution in [3.63, 3.8) is 0 Å². The quantitative estimate of drug-likeness (QED) is 0.859. The van der Waals surface area contributed by atoms with Crippen LogP contribution in [0.3, 0.4) is 0 Å². The third kappa shape index (κ3) is 3.38. The lowest BCUT2D eigenvalue weighted by Gasteiger charge is -2.44. The lowest BCUT2D eigenvalue weighted by atomic mass is 9.82. The predicted octanol–water partition coefficient (Wildman–Crippen LogP) is 4.48. The van der Waals surface area contributed by atoms with E-state index in [2.05, 4.69) is 36.4 Å². The van der Waals surface area contributed by atoms with Crippen molar-refractivity contribution in [3.8, 4) is 0 Å². The Hall–Kier alpha value is -2.20. The van der Waals surface area contributed by atoms with Crippen molar-refractivity contribution in [1.82, 2.24) is 10.2 Å². The summed E-state index contributed by atoms with van der Waals surface area (Å²) in [6.07, 6.45) is 4.36. The summed E-state index contributed by atoms with van der Waals surface area (Å²) in [5.41, 5.74) is 1.75. The maximum atomic E-state index is 13.9. The van der Waals surface area contributed by atoms with Gasteiger partial charge in [-0.05, 0) is 57.1 Å². The lowest BCUT2D eigenvalue weighted by molar-refractivity contribution is 0.0765. The monoisotopic (exact) mass is 354 g/mol. The number of rotatable bonds is 5. The molecule has 2 aromatic carbocycles. The van der Waals surface area contributed by atoms with Crippen LogP contribution >= 0.6 is 0 Å². The normalized spacial score (nSPS) is 17.3. The van der Waals surface area contributed by atoms with Crippen LogP contribution in [0.4, 0.5) is 4.39 Å². The van der Waals surface area contributed by atoms with E-state index in [0.717, 1.165) is 31.2 Å². The van der Waals surface area contributed by atoms with E-state index in [1.54, 1.807) is 19.1 Å². The molecule has 1 amide bonds. The van der Waals surface area contributed by atoms with Gasteiger partial charge in [0.25, 0.3) is 5.91 Å². The van der Waals surface area contributed by atoms with Gasteiger partial charge in [-0.15, -0.1) is 0 Å². The number of benzene rings is 2. The highest BCUT2D eigenvalue weighted by Gasteiger charge is 2.44. The smallest absolute Gasteiger partial charge is 0.252 e. The van der Waals surface area contributed by atoms with Gasteiger partial charge in [0.1, 0.15) is 5.82 Å². The van der Waals surface area contributed by atoms with Crippen molar-refractivity contribution in [2.24, 2.45) is 0 Å². The van der Waals surface area contributed by atoms with Crippen molar-refractivity contribution in [1.29, 1.82) is 0 Å². The summed E-state index contributed by atoms with van der Waals surface area (Å²) in [6, 6.07) is 14.6. The molecule has 1 aliphatic carbocycles. The standard InChI is InChI=1S/C22H27FN2O/c1-16-18(12-9-13-19(16)23)21(26)24-20(17-10-5-4-6-11-17)22(25(2)3)14-7-8-15-22/h4-6,9-13,20H,7-8,14-15H2,1-3H3,(H,24,26). The molecule has 1 N–H and O–H groups in total. The zero-order chi connectivity index (χ0) is 18.7. The van der Waals surface area contributed by atoms with E-state index in [1.165, 1.54) is 6.07 Å². The van der Waals surface area contributed by atoms with E-state index in [0.29, 0.717) is 11.1 Å². The minimum Gasteiger partial charge on any atom is -0.343 e. The van der Waals surface area contributed by atoms with Gasteiger partial charge in [-0.2, -0.15) is 0 Å². The van der Waals surface area contributed by atoms with E-state index in [4.69, 9.17) is 0 Å². The first-order valence-corrected chi connectivity index (χ1v) is 9.24. The first-order valence-electron chi connectivity index (χ1n) is 9.24. The predicted molar refractivity (Wildman–Crippen MR) is 103 cm³/mol. The van der Waals surface area contributed by atoms with Crippen LogP contribution < -0.4 is 5.32 Å². The van der Waals surface area contributed by atoms with Crippen LogP contribution in [0.1, 0.15) is 53.2 Å². The van der Waals surface area contributed by atoms with Gasteiger partial charge in [0.05, 0.1) is 6.04 Å². The second-order valence-corrected chi connectivity index (χ2v) is 7.43. The minimum absolute atomic E-state index is 0.127. The van der Waals surface area contributed by atoms with Gasteiger partial charge in [0.2, 0.25) is 0 Å². The lowest BCUT2D eigenvalue weighted by Crippen LogP contribution is -2.53. The highest BCUT2D eigenvalue weighted by molar-refractivity contribution is 5.96. The number of carbonyl (C=O) groups is 1. The largest absolute Gasteiger partial charge is 0.343 e. The third-order valence-corrected chi connectivity index (χ3v) is 5.82. The number of amides is 1. The van der Waals surface area contributed by atoms with Crippen LogP contribution in [0.25, 0.3) is 0 Å². The number of halogens is 1. The second-order valence-electron chi connectivity index (χ2n) is 7.43.